The predicted octanol–water partition coefficient (Wildman–Crippen LogP) is 2.40. The van der Waals surface area contributed by atoms with E-state index < -0.39 is 0 Å². The molecule has 0 unspecified atom stereocenters. The van der Waals surface area contributed by atoms with Gasteiger partial charge in [0.25, 0.3) is 0 Å². The van der Waals surface area contributed by atoms with Gasteiger partial charge in [0, 0.05) is 18.2 Å². The van der Waals surface area contributed by atoms with Crippen molar-refractivity contribution in [1.82, 2.24) is 0 Å². The second-order valence-electron chi connectivity index (χ2n) is 2.61. The van der Waals surface area contributed by atoms with Crippen LogP contribution in [0.2, 0.25) is 0 Å². The standard InChI is InChI=1S/C9H9NOS/c11-10-6-3-7-12-9-5-2-1-4-8(9)10/h1-2,4-6H,3,7H2. The van der Waals surface area contributed by atoms with Crippen LogP contribution in [0.5, 0.6) is 0 Å². The number of rotatable bonds is 0. The molecule has 0 radical (unpaired) electrons. The SMILES string of the molecule is [O-][N+]1=CCCSc2ccccc21. The fourth-order valence-corrected chi connectivity index (χ4v) is 2.12. The molecule has 0 bridgehead atoms. The number of benzene rings is 1. The summed E-state index contributed by atoms with van der Waals surface area (Å²) in [6.07, 6.45) is 2.54. The largest absolute Gasteiger partial charge is 0.618 e. The van der Waals surface area contributed by atoms with E-state index in [1.165, 1.54) is 0 Å². The summed E-state index contributed by atoms with van der Waals surface area (Å²) in [4.78, 5) is 1.08. The Morgan fingerprint density at radius 2 is 2.17 bits per heavy atom. The zero-order valence-corrected chi connectivity index (χ0v) is 7.38. The van der Waals surface area contributed by atoms with Gasteiger partial charge in [-0.3, -0.25) is 0 Å². The third-order valence-corrected chi connectivity index (χ3v) is 2.87. The van der Waals surface area contributed by atoms with Crippen LogP contribution in [0.3, 0.4) is 0 Å². The van der Waals surface area contributed by atoms with Gasteiger partial charge in [-0.2, -0.15) is 4.74 Å². The topological polar surface area (TPSA) is 26.1 Å². The molecule has 2 rings (SSSR count). The van der Waals surface area contributed by atoms with E-state index in [-0.39, 0.29) is 0 Å². The van der Waals surface area contributed by atoms with Crippen LogP contribution in [0.1, 0.15) is 6.42 Å². The summed E-state index contributed by atoms with van der Waals surface area (Å²) in [5.41, 5.74) is 0.778. The van der Waals surface area contributed by atoms with Crippen molar-refractivity contribution in [3.63, 3.8) is 0 Å². The quantitative estimate of drug-likeness (QED) is 0.451. The van der Waals surface area contributed by atoms with Crippen molar-refractivity contribution in [2.45, 2.75) is 11.3 Å². The Labute approximate surface area is 75.5 Å². The fourth-order valence-electron chi connectivity index (χ4n) is 1.20. The highest BCUT2D eigenvalue weighted by Gasteiger charge is 2.12. The summed E-state index contributed by atoms with van der Waals surface area (Å²) in [7, 11) is 0. The highest BCUT2D eigenvalue weighted by Crippen LogP contribution is 2.30. The molecule has 0 fully saturated rings. The van der Waals surface area contributed by atoms with Gasteiger partial charge in [-0.15, -0.1) is 11.8 Å². The predicted molar refractivity (Wildman–Crippen MR) is 51.1 cm³/mol. The minimum Gasteiger partial charge on any atom is -0.618 e. The number of nitrogens with zero attached hydrogens (tertiary/aromatic N) is 1. The average Bonchev–Trinajstić information content (AvgIpc) is 2.29. The number of hydrogen-bond acceptors (Lipinski definition) is 2. The summed E-state index contributed by atoms with van der Waals surface area (Å²) in [5.74, 6) is 0.996. The molecular formula is C9H9NOS. The molecule has 0 saturated heterocycles. The molecule has 0 N–H and O–H groups in total. The first-order chi connectivity index (χ1) is 5.88. The van der Waals surface area contributed by atoms with Crippen LogP contribution in [-0.4, -0.2) is 16.7 Å². The molecule has 1 aliphatic rings. The van der Waals surface area contributed by atoms with Crippen LogP contribution in [0.15, 0.2) is 29.2 Å². The Kier molecular flexibility index (Phi) is 2.04. The van der Waals surface area contributed by atoms with E-state index in [9.17, 15) is 5.21 Å². The van der Waals surface area contributed by atoms with Crippen LogP contribution in [0.4, 0.5) is 5.69 Å². The smallest absolute Gasteiger partial charge is 0.229 e. The monoisotopic (exact) mass is 179 g/mol. The maximum atomic E-state index is 11.4. The Hall–Kier alpha value is -0.960. The maximum absolute atomic E-state index is 11.4. The van der Waals surface area contributed by atoms with E-state index in [4.69, 9.17) is 0 Å². The van der Waals surface area contributed by atoms with Gasteiger partial charge >= 0.3 is 0 Å². The van der Waals surface area contributed by atoms with Crippen LogP contribution in [-0.2, 0) is 0 Å². The molecule has 1 heterocycles. The van der Waals surface area contributed by atoms with E-state index in [1.807, 2.05) is 24.3 Å². The van der Waals surface area contributed by atoms with E-state index in [1.54, 1.807) is 18.0 Å². The van der Waals surface area contributed by atoms with Crippen molar-refractivity contribution in [3.05, 3.63) is 29.5 Å². The zero-order chi connectivity index (χ0) is 8.39. The molecule has 1 aliphatic heterocycles. The maximum Gasteiger partial charge on any atom is 0.229 e. The first kappa shape index (κ1) is 7.68. The van der Waals surface area contributed by atoms with Crippen molar-refractivity contribution in [2.24, 2.45) is 0 Å². The number of fused-ring (bicyclic) bond motifs is 1. The number of hydrogen-bond donors (Lipinski definition) is 0. The van der Waals surface area contributed by atoms with Crippen LogP contribution < -0.4 is 0 Å². The number of para-hydroxylation sites is 1. The van der Waals surface area contributed by atoms with Gasteiger partial charge in [0.1, 0.15) is 0 Å². The molecule has 0 atom stereocenters. The van der Waals surface area contributed by atoms with Crippen LogP contribution in [0.25, 0.3) is 0 Å². The van der Waals surface area contributed by atoms with Crippen LogP contribution in [0, 0.1) is 5.21 Å². The molecule has 12 heavy (non-hydrogen) atoms. The summed E-state index contributed by atoms with van der Waals surface area (Å²) in [6.45, 7) is 0. The minimum atomic E-state index is 0.778. The van der Waals surface area contributed by atoms with Gasteiger partial charge in [0.2, 0.25) is 5.69 Å². The lowest BCUT2D eigenvalue weighted by Crippen LogP contribution is -1.95. The first-order valence-electron chi connectivity index (χ1n) is 3.89. The minimum absolute atomic E-state index is 0.778. The van der Waals surface area contributed by atoms with E-state index in [0.29, 0.717) is 0 Å². The molecule has 0 aromatic heterocycles. The Balaban J connectivity index is 2.51. The molecule has 62 valence electrons. The first-order valence-corrected chi connectivity index (χ1v) is 4.88. The summed E-state index contributed by atoms with van der Waals surface area (Å²) >= 11 is 1.74. The van der Waals surface area contributed by atoms with Crippen molar-refractivity contribution >= 4 is 23.7 Å². The fraction of sp³-hybridized carbons (Fsp3) is 0.222. The third kappa shape index (κ3) is 1.32. The molecule has 0 spiro atoms. The van der Waals surface area contributed by atoms with E-state index >= 15 is 0 Å². The molecule has 0 saturated carbocycles. The van der Waals surface area contributed by atoms with Crippen molar-refractivity contribution in [2.75, 3.05) is 5.75 Å². The lowest BCUT2D eigenvalue weighted by molar-refractivity contribution is -0.359. The van der Waals surface area contributed by atoms with Gasteiger partial charge in [0.05, 0.1) is 4.90 Å². The molecule has 3 heteroatoms. The normalized spacial score (nSPS) is 16.2. The summed E-state index contributed by atoms with van der Waals surface area (Å²) in [5, 5.41) is 11.4. The van der Waals surface area contributed by atoms with Gasteiger partial charge in [-0.05, 0) is 6.07 Å². The third-order valence-electron chi connectivity index (χ3n) is 1.77. The molecule has 0 amide bonds. The molecule has 1 aromatic carbocycles. The molecular weight excluding hydrogens is 170 g/mol. The second kappa shape index (κ2) is 3.19. The van der Waals surface area contributed by atoms with Crippen molar-refractivity contribution in [1.29, 1.82) is 0 Å². The van der Waals surface area contributed by atoms with E-state index in [2.05, 4.69) is 0 Å². The van der Waals surface area contributed by atoms with E-state index in [0.717, 1.165) is 27.5 Å². The number of thioether (sulfide) groups is 1. The lowest BCUT2D eigenvalue weighted by Gasteiger charge is -2.03. The molecule has 0 aliphatic carbocycles. The Bertz CT molecular complexity index is 322. The summed E-state index contributed by atoms with van der Waals surface area (Å²) in [6, 6.07) is 7.70. The van der Waals surface area contributed by atoms with Gasteiger partial charge in [0.15, 0.2) is 6.21 Å². The highest BCUT2D eigenvalue weighted by atomic mass is 32.2. The summed E-state index contributed by atoms with van der Waals surface area (Å²) < 4.78 is 0.968. The van der Waals surface area contributed by atoms with Crippen molar-refractivity contribution in [3.8, 4) is 0 Å². The lowest BCUT2D eigenvalue weighted by atomic mass is 10.3. The highest BCUT2D eigenvalue weighted by molar-refractivity contribution is 7.99. The molecule has 2 nitrogen and oxygen atoms in total. The van der Waals surface area contributed by atoms with Gasteiger partial charge < -0.3 is 5.21 Å². The van der Waals surface area contributed by atoms with Gasteiger partial charge in [-0.25, -0.2) is 0 Å². The van der Waals surface area contributed by atoms with Gasteiger partial charge in [-0.1, -0.05) is 12.1 Å². The zero-order valence-electron chi connectivity index (χ0n) is 6.56. The Morgan fingerprint density at radius 3 is 3.08 bits per heavy atom. The average molecular weight is 179 g/mol. The second-order valence-corrected chi connectivity index (χ2v) is 3.75. The molecule has 1 aromatic rings. The Morgan fingerprint density at radius 1 is 1.33 bits per heavy atom. The van der Waals surface area contributed by atoms with Crippen LogP contribution >= 0.6 is 11.8 Å². The van der Waals surface area contributed by atoms with Crippen molar-refractivity contribution < 1.29 is 4.74 Å².